The molecule has 2 atom stereocenters. The van der Waals surface area contributed by atoms with Crippen molar-refractivity contribution in [3.05, 3.63) is 65.7 Å². The molecule has 2 aromatic carbocycles. The lowest BCUT2D eigenvalue weighted by Crippen LogP contribution is -2.46. The van der Waals surface area contributed by atoms with Crippen molar-refractivity contribution in [2.45, 2.75) is 38.3 Å². The number of rotatable bonds is 10. The number of amides is 3. The zero-order valence-corrected chi connectivity index (χ0v) is 16.7. The summed E-state index contributed by atoms with van der Waals surface area (Å²) < 4.78 is 5.10. The summed E-state index contributed by atoms with van der Waals surface area (Å²) in [7, 11) is 1.57. The van der Waals surface area contributed by atoms with Crippen LogP contribution in [0.25, 0.3) is 0 Å². The fourth-order valence-corrected chi connectivity index (χ4v) is 2.85. The van der Waals surface area contributed by atoms with Crippen LogP contribution in [-0.2, 0) is 20.8 Å². The van der Waals surface area contributed by atoms with Crippen LogP contribution in [0.3, 0.4) is 0 Å². The van der Waals surface area contributed by atoms with Crippen molar-refractivity contribution in [1.29, 1.82) is 0 Å². The fraction of sp³-hybridized carbons (Fsp3) is 0.318. The third-order valence-electron chi connectivity index (χ3n) is 4.53. The van der Waals surface area contributed by atoms with Crippen molar-refractivity contribution in [2.24, 2.45) is 5.73 Å². The normalized spacial score (nSPS) is 12.5. The van der Waals surface area contributed by atoms with Gasteiger partial charge in [-0.25, -0.2) is 0 Å². The highest BCUT2D eigenvalue weighted by Crippen LogP contribution is 2.13. The molecule has 4 N–H and O–H groups in total. The van der Waals surface area contributed by atoms with Crippen molar-refractivity contribution in [1.82, 2.24) is 10.6 Å². The van der Waals surface area contributed by atoms with E-state index in [9.17, 15) is 14.4 Å². The van der Waals surface area contributed by atoms with E-state index in [1.807, 2.05) is 37.3 Å². The largest absolute Gasteiger partial charge is 0.497 e. The molecule has 0 aliphatic rings. The summed E-state index contributed by atoms with van der Waals surface area (Å²) in [6.07, 6.45) is 0.263. The molecule has 0 saturated heterocycles. The number of hydrogen-bond acceptors (Lipinski definition) is 4. The molecule has 7 nitrogen and oxygen atoms in total. The maximum Gasteiger partial charge on any atom is 0.240 e. The first kappa shape index (κ1) is 21.9. The number of primary amides is 1. The van der Waals surface area contributed by atoms with E-state index in [0.29, 0.717) is 5.75 Å². The monoisotopic (exact) mass is 397 g/mol. The average molecular weight is 397 g/mol. The number of nitrogens with one attached hydrogen (secondary N) is 2. The number of methoxy groups -OCH3 is 1. The van der Waals surface area contributed by atoms with Crippen molar-refractivity contribution in [3.63, 3.8) is 0 Å². The molecule has 0 radical (unpaired) electrons. The van der Waals surface area contributed by atoms with E-state index in [0.717, 1.165) is 11.1 Å². The molecule has 29 heavy (non-hydrogen) atoms. The van der Waals surface area contributed by atoms with Gasteiger partial charge in [-0.3, -0.25) is 14.4 Å². The highest BCUT2D eigenvalue weighted by molar-refractivity contribution is 5.88. The number of hydrogen-bond donors (Lipinski definition) is 3. The molecular formula is C22H27N3O4. The highest BCUT2D eigenvalue weighted by Gasteiger charge is 2.19. The summed E-state index contributed by atoms with van der Waals surface area (Å²) in [6.45, 7) is 1.88. The first-order valence-corrected chi connectivity index (χ1v) is 9.45. The molecule has 0 fully saturated rings. The van der Waals surface area contributed by atoms with Gasteiger partial charge in [-0.2, -0.15) is 0 Å². The number of ether oxygens (including phenoxy) is 1. The molecule has 7 heteroatoms. The van der Waals surface area contributed by atoms with Gasteiger partial charge in [-0.15, -0.1) is 0 Å². The van der Waals surface area contributed by atoms with Crippen molar-refractivity contribution >= 4 is 17.7 Å². The number of benzene rings is 2. The van der Waals surface area contributed by atoms with Crippen LogP contribution >= 0.6 is 0 Å². The Bertz CT molecular complexity index is 822. The minimum atomic E-state index is -0.845. The predicted octanol–water partition coefficient (Wildman–Crippen LogP) is 1.87. The number of nitrogens with two attached hydrogens (primary N) is 1. The molecule has 0 aromatic heterocycles. The Kier molecular flexibility index (Phi) is 8.21. The summed E-state index contributed by atoms with van der Waals surface area (Å²) in [5, 5.41) is 5.47. The molecule has 3 amide bonds. The lowest BCUT2D eigenvalue weighted by Gasteiger charge is -2.17. The molecule has 0 aliphatic carbocycles. The van der Waals surface area contributed by atoms with Crippen LogP contribution in [0.5, 0.6) is 5.75 Å². The predicted molar refractivity (Wildman–Crippen MR) is 110 cm³/mol. The van der Waals surface area contributed by atoms with Crippen LogP contribution in [0.1, 0.15) is 36.9 Å². The Morgan fingerprint density at radius 2 is 1.52 bits per heavy atom. The van der Waals surface area contributed by atoms with Gasteiger partial charge in [0, 0.05) is 19.3 Å². The van der Waals surface area contributed by atoms with Gasteiger partial charge >= 0.3 is 0 Å². The number of carbonyl (C=O) groups excluding carboxylic acids is 3. The Hall–Kier alpha value is -3.35. The molecule has 0 spiro atoms. The minimum absolute atomic E-state index is 0.0248. The second-order valence-corrected chi connectivity index (χ2v) is 6.77. The summed E-state index contributed by atoms with van der Waals surface area (Å²) in [4.78, 5) is 36.0. The smallest absolute Gasteiger partial charge is 0.240 e. The van der Waals surface area contributed by atoms with E-state index >= 15 is 0 Å². The van der Waals surface area contributed by atoms with Crippen LogP contribution in [0.2, 0.25) is 0 Å². The number of carbonyl (C=O) groups is 3. The van der Waals surface area contributed by atoms with Crippen molar-refractivity contribution < 1.29 is 19.1 Å². The van der Waals surface area contributed by atoms with E-state index in [1.165, 1.54) is 0 Å². The zero-order chi connectivity index (χ0) is 21.2. The van der Waals surface area contributed by atoms with Gasteiger partial charge in [0.25, 0.3) is 0 Å². The summed E-state index contributed by atoms with van der Waals surface area (Å²) in [5.74, 6) is -0.562. The van der Waals surface area contributed by atoms with Crippen LogP contribution in [-0.4, -0.2) is 30.9 Å². The van der Waals surface area contributed by atoms with Gasteiger partial charge < -0.3 is 21.1 Å². The van der Waals surface area contributed by atoms with Crippen molar-refractivity contribution in [3.8, 4) is 5.75 Å². The van der Waals surface area contributed by atoms with E-state index in [4.69, 9.17) is 10.5 Å². The molecule has 0 saturated carbocycles. The topological polar surface area (TPSA) is 111 Å². The lowest BCUT2D eigenvalue weighted by atomic mass is 10.0. The van der Waals surface area contributed by atoms with E-state index < -0.39 is 17.9 Å². The second kappa shape index (κ2) is 10.8. The first-order chi connectivity index (χ1) is 13.9. The quantitative estimate of drug-likeness (QED) is 0.568. The van der Waals surface area contributed by atoms with Crippen LogP contribution in [0.15, 0.2) is 54.6 Å². The Balaban J connectivity index is 1.81. The maximum atomic E-state index is 12.2. The van der Waals surface area contributed by atoms with Crippen molar-refractivity contribution in [2.75, 3.05) is 7.11 Å². The van der Waals surface area contributed by atoms with E-state index in [1.54, 1.807) is 31.4 Å². The summed E-state index contributed by atoms with van der Waals surface area (Å²) >= 11 is 0. The summed E-state index contributed by atoms with van der Waals surface area (Å²) in [5.41, 5.74) is 7.24. The lowest BCUT2D eigenvalue weighted by molar-refractivity contribution is -0.129. The highest BCUT2D eigenvalue weighted by atomic mass is 16.5. The average Bonchev–Trinajstić information content (AvgIpc) is 2.72. The Morgan fingerprint density at radius 3 is 2.07 bits per heavy atom. The molecule has 2 aromatic rings. The summed E-state index contributed by atoms with van der Waals surface area (Å²) in [6, 6.07) is 15.7. The maximum absolute atomic E-state index is 12.2. The van der Waals surface area contributed by atoms with Gasteiger partial charge in [0.2, 0.25) is 17.7 Å². The van der Waals surface area contributed by atoms with Gasteiger partial charge in [-0.1, -0.05) is 42.5 Å². The van der Waals surface area contributed by atoms with Crippen LogP contribution < -0.4 is 21.1 Å². The third kappa shape index (κ3) is 7.29. The molecule has 0 aliphatic heterocycles. The molecule has 154 valence electrons. The molecule has 2 rings (SSSR count). The van der Waals surface area contributed by atoms with Gasteiger partial charge in [0.1, 0.15) is 11.8 Å². The zero-order valence-electron chi connectivity index (χ0n) is 16.7. The van der Waals surface area contributed by atoms with Gasteiger partial charge in [0.05, 0.1) is 13.2 Å². The van der Waals surface area contributed by atoms with Crippen LogP contribution in [0.4, 0.5) is 0 Å². The molecular weight excluding hydrogens is 370 g/mol. The van der Waals surface area contributed by atoms with E-state index in [2.05, 4.69) is 10.6 Å². The molecule has 0 unspecified atom stereocenters. The molecule has 0 heterocycles. The van der Waals surface area contributed by atoms with Gasteiger partial charge in [0.15, 0.2) is 0 Å². The Labute approximate surface area is 170 Å². The van der Waals surface area contributed by atoms with Gasteiger partial charge in [-0.05, 0) is 30.2 Å². The SMILES string of the molecule is COc1ccc(C[C@H](NC(=O)CCC(=O)N[C@H](C)c2ccccc2)C(N)=O)cc1. The molecule has 0 bridgehead atoms. The van der Waals surface area contributed by atoms with Crippen LogP contribution in [0, 0.1) is 0 Å². The second-order valence-electron chi connectivity index (χ2n) is 6.77. The minimum Gasteiger partial charge on any atom is -0.497 e. The third-order valence-corrected chi connectivity index (χ3v) is 4.53. The van der Waals surface area contributed by atoms with E-state index in [-0.39, 0.29) is 31.2 Å². The fourth-order valence-electron chi connectivity index (χ4n) is 2.85. The Morgan fingerprint density at radius 1 is 0.931 bits per heavy atom. The standard InChI is InChI=1S/C22H27N3O4/c1-15(17-6-4-3-5-7-17)24-20(26)12-13-21(27)25-19(22(23)28)14-16-8-10-18(29-2)11-9-16/h3-11,15,19H,12-14H2,1-2H3,(H2,23,28)(H,24,26)(H,25,27)/t15-,19+/m1/s1. The first-order valence-electron chi connectivity index (χ1n) is 9.45.